The van der Waals surface area contributed by atoms with Gasteiger partial charge in [0, 0.05) is 19.1 Å². The monoisotopic (exact) mass is 318 g/mol. The van der Waals surface area contributed by atoms with Crippen LogP contribution in [0, 0.1) is 11.7 Å². The number of nitrogens with zero attached hydrogens (tertiary/aromatic N) is 1. The Bertz CT molecular complexity index is 609. The molecule has 2 unspecified atom stereocenters. The second kappa shape index (κ2) is 5.26. The van der Waals surface area contributed by atoms with Gasteiger partial charge in [-0.1, -0.05) is 11.6 Å². The summed E-state index contributed by atoms with van der Waals surface area (Å²) in [5.74, 6) is -0.239. The summed E-state index contributed by atoms with van der Waals surface area (Å²) in [6.45, 7) is 1.94. The number of halogens is 2. The second-order valence-electron chi connectivity index (χ2n) is 5.36. The first-order chi connectivity index (χ1) is 9.48. The summed E-state index contributed by atoms with van der Waals surface area (Å²) >= 11 is 5.68. The second-order valence-corrected chi connectivity index (χ2v) is 7.71. The smallest absolute Gasteiger partial charge is 0.243 e. The SMILES string of the molecule is O=S(=O)(c1ccc(F)c(Cl)c1)N1CC2CCCNC2C1. The number of hydrogen-bond acceptors (Lipinski definition) is 3. The van der Waals surface area contributed by atoms with Crippen LogP contribution >= 0.6 is 11.6 Å². The van der Waals surface area contributed by atoms with Gasteiger partial charge in [-0.2, -0.15) is 4.31 Å². The van der Waals surface area contributed by atoms with Crippen molar-refractivity contribution in [2.75, 3.05) is 19.6 Å². The Kier molecular flexibility index (Phi) is 3.75. The van der Waals surface area contributed by atoms with Gasteiger partial charge in [-0.15, -0.1) is 0 Å². The van der Waals surface area contributed by atoms with E-state index in [1.165, 1.54) is 16.4 Å². The van der Waals surface area contributed by atoms with Crippen LogP contribution in [0.15, 0.2) is 23.1 Å². The third kappa shape index (κ3) is 2.45. The lowest BCUT2D eigenvalue weighted by molar-refractivity contribution is 0.339. The summed E-state index contributed by atoms with van der Waals surface area (Å²) in [6.07, 6.45) is 2.13. The molecule has 0 spiro atoms. The molecule has 20 heavy (non-hydrogen) atoms. The fourth-order valence-electron chi connectivity index (χ4n) is 2.99. The number of sulfonamides is 1. The molecule has 0 amide bonds. The lowest BCUT2D eigenvalue weighted by Gasteiger charge is -2.24. The topological polar surface area (TPSA) is 49.4 Å². The highest BCUT2D eigenvalue weighted by molar-refractivity contribution is 7.89. The molecule has 110 valence electrons. The van der Waals surface area contributed by atoms with Crippen molar-refractivity contribution in [3.63, 3.8) is 0 Å². The molecule has 0 saturated carbocycles. The van der Waals surface area contributed by atoms with E-state index in [1.807, 2.05) is 0 Å². The van der Waals surface area contributed by atoms with Crippen molar-refractivity contribution in [3.05, 3.63) is 29.0 Å². The van der Waals surface area contributed by atoms with Crippen molar-refractivity contribution in [3.8, 4) is 0 Å². The Labute approximate surface area is 123 Å². The van der Waals surface area contributed by atoms with E-state index < -0.39 is 15.8 Å². The van der Waals surface area contributed by atoms with Gasteiger partial charge in [-0.05, 0) is 43.5 Å². The van der Waals surface area contributed by atoms with Gasteiger partial charge in [0.05, 0.1) is 9.92 Å². The van der Waals surface area contributed by atoms with Crippen molar-refractivity contribution in [1.29, 1.82) is 0 Å². The van der Waals surface area contributed by atoms with Gasteiger partial charge in [0.25, 0.3) is 0 Å². The fourth-order valence-corrected chi connectivity index (χ4v) is 4.78. The molecule has 2 heterocycles. The first-order valence-electron chi connectivity index (χ1n) is 6.67. The van der Waals surface area contributed by atoms with Gasteiger partial charge in [0.2, 0.25) is 10.0 Å². The molecular formula is C13H16ClFN2O2S. The van der Waals surface area contributed by atoms with E-state index in [0.29, 0.717) is 19.0 Å². The largest absolute Gasteiger partial charge is 0.312 e. The molecule has 2 fully saturated rings. The quantitative estimate of drug-likeness (QED) is 0.905. The Hall–Kier alpha value is -0.690. The molecule has 2 atom stereocenters. The zero-order chi connectivity index (χ0) is 14.3. The number of nitrogens with one attached hydrogen (secondary N) is 1. The molecular weight excluding hydrogens is 303 g/mol. The molecule has 4 nitrogen and oxygen atoms in total. The van der Waals surface area contributed by atoms with Gasteiger partial charge < -0.3 is 5.32 Å². The van der Waals surface area contributed by atoms with Gasteiger partial charge in [0.15, 0.2) is 0 Å². The Morgan fingerprint density at radius 2 is 2.15 bits per heavy atom. The van der Waals surface area contributed by atoms with Crippen molar-refractivity contribution in [2.45, 2.75) is 23.8 Å². The van der Waals surface area contributed by atoms with Crippen LogP contribution < -0.4 is 5.32 Å². The van der Waals surface area contributed by atoms with Crippen LogP contribution in [0.25, 0.3) is 0 Å². The lowest BCUT2D eigenvalue weighted by atomic mass is 9.94. The Balaban J connectivity index is 1.86. The summed E-state index contributed by atoms with van der Waals surface area (Å²) in [7, 11) is -3.59. The van der Waals surface area contributed by atoms with E-state index in [2.05, 4.69) is 5.32 Å². The molecule has 3 rings (SSSR count). The first kappa shape index (κ1) is 14.3. The molecule has 2 saturated heterocycles. The molecule has 1 N–H and O–H groups in total. The van der Waals surface area contributed by atoms with Crippen LogP contribution in [-0.2, 0) is 10.0 Å². The third-order valence-corrected chi connectivity index (χ3v) is 6.21. The highest BCUT2D eigenvalue weighted by Crippen LogP contribution is 2.30. The third-order valence-electron chi connectivity index (χ3n) is 4.09. The maximum absolute atomic E-state index is 13.2. The van der Waals surface area contributed by atoms with E-state index in [4.69, 9.17) is 11.6 Å². The van der Waals surface area contributed by atoms with E-state index in [9.17, 15) is 12.8 Å². The van der Waals surface area contributed by atoms with Crippen LogP contribution in [0.5, 0.6) is 0 Å². The number of piperidine rings is 1. The van der Waals surface area contributed by atoms with E-state index in [-0.39, 0.29) is 16.0 Å². The van der Waals surface area contributed by atoms with Gasteiger partial charge in [-0.3, -0.25) is 0 Å². The van der Waals surface area contributed by atoms with Crippen molar-refractivity contribution >= 4 is 21.6 Å². The highest BCUT2D eigenvalue weighted by Gasteiger charge is 2.40. The number of hydrogen-bond donors (Lipinski definition) is 1. The Morgan fingerprint density at radius 3 is 2.85 bits per heavy atom. The molecule has 1 aromatic carbocycles. The highest BCUT2D eigenvalue weighted by atomic mass is 35.5. The minimum atomic E-state index is -3.59. The molecule has 0 bridgehead atoms. The standard InChI is InChI=1S/C13H16ClFN2O2S/c14-11-6-10(3-4-12(11)15)20(18,19)17-7-9-2-1-5-16-13(9)8-17/h3-4,6,9,13,16H,1-2,5,7-8H2. The molecule has 2 aliphatic rings. The molecule has 0 aromatic heterocycles. The number of rotatable bonds is 2. The molecule has 1 aromatic rings. The normalized spacial score (nSPS) is 27.5. The van der Waals surface area contributed by atoms with Gasteiger partial charge in [-0.25, -0.2) is 12.8 Å². The van der Waals surface area contributed by atoms with Crippen LogP contribution in [0.2, 0.25) is 5.02 Å². The summed E-state index contributed by atoms with van der Waals surface area (Å²) < 4.78 is 39.7. The van der Waals surface area contributed by atoms with Gasteiger partial charge in [0.1, 0.15) is 5.82 Å². The lowest BCUT2D eigenvalue weighted by Crippen LogP contribution is -2.41. The minimum Gasteiger partial charge on any atom is -0.312 e. The number of fused-ring (bicyclic) bond motifs is 1. The summed E-state index contributed by atoms with van der Waals surface area (Å²) in [6, 6.07) is 3.78. The first-order valence-corrected chi connectivity index (χ1v) is 8.49. The summed E-state index contributed by atoms with van der Waals surface area (Å²) in [4.78, 5) is 0.0579. The average Bonchev–Trinajstić information content (AvgIpc) is 2.86. The molecule has 7 heteroatoms. The van der Waals surface area contributed by atoms with Crippen molar-refractivity contribution in [2.24, 2.45) is 5.92 Å². The maximum Gasteiger partial charge on any atom is 0.243 e. The fraction of sp³-hybridized carbons (Fsp3) is 0.538. The Morgan fingerprint density at radius 1 is 1.35 bits per heavy atom. The van der Waals surface area contributed by atoms with E-state index in [0.717, 1.165) is 25.5 Å². The minimum absolute atomic E-state index is 0.0579. The van der Waals surface area contributed by atoms with Crippen LogP contribution in [0.3, 0.4) is 0 Å². The molecule has 0 radical (unpaired) electrons. The van der Waals surface area contributed by atoms with Crippen molar-refractivity contribution < 1.29 is 12.8 Å². The predicted octanol–water partition coefficient (Wildman–Crippen LogP) is 1.85. The van der Waals surface area contributed by atoms with Crippen LogP contribution in [0.1, 0.15) is 12.8 Å². The zero-order valence-corrected chi connectivity index (χ0v) is 12.4. The predicted molar refractivity (Wildman–Crippen MR) is 74.7 cm³/mol. The van der Waals surface area contributed by atoms with Crippen LogP contribution in [0.4, 0.5) is 4.39 Å². The van der Waals surface area contributed by atoms with E-state index >= 15 is 0 Å². The van der Waals surface area contributed by atoms with Gasteiger partial charge >= 0.3 is 0 Å². The molecule has 2 aliphatic heterocycles. The average molecular weight is 319 g/mol. The molecule has 0 aliphatic carbocycles. The van der Waals surface area contributed by atoms with Crippen molar-refractivity contribution in [1.82, 2.24) is 9.62 Å². The number of benzene rings is 1. The summed E-state index contributed by atoms with van der Waals surface area (Å²) in [5, 5.41) is 3.20. The van der Waals surface area contributed by atoms with E-state index in [1.54, 1.807) is 0 Å². The maximum atomic E-state index is 13.2. The zero-order valence-electron chi connectivity index (χ0n) is 10.9. The summed E-state index contributed by atoms with van der Waals surface area (Å²) in [5.41, 5.74) is 0. The van der Waals surface area contributed by atoms with Crippen LogP contribution in [-0.4, -0.2) is 38.4 Å².